The lowest BCUT2D eigenvalue weighted by atomic mass is 9.97. The van der Waals surface area contributed by atoms with Gasteiger partial charge in [0.1, 0.15) is 0 Å². The third-order valence-corrected chi connectivity index (χ3v) is 3.01. The van der Waals surface area contributed by atoms with E-state index in [1.54, 1.807) is 0 Å². The summed E-state index contributed by atoms with van der Waals surface area (Å²) in [7, 11) is 0. The van der Waals surface area contributed by atoms with E-state index in [0.29, 0.717) is 5.75 Å². The number of hydrogen-bond donors (Lipinski definition) is 0. The number of thioether (sulfide) groups is 1. The monoisotopic (exact) mass is 199 g/mol. The minimum absolute atomic E-state index is 0.231. The average molecular weight is 200 g/mol. The molecule has 2 atom stereocenters. The van der Waals surface area contributed by atoms with E-state index >= 15 is 0 Å². The molecule has 0 amide bonds. The Morgan fingerprint density at radius 1 is 1.82 bits per heavy atom. The molecular weight excluding hydrogens is 194 g/mol. The molecule has 0 bridgehead atoms. The fourth-order valence-corrected chi connectivity index (χ4v) is 1.80. The maximum absolute atomic E-state index is 12.3. The van der Waals surface area contributed by atoms with Crippen LogP contribution >= 0.6 is 23.4 Å². The number of carbonyl (C=O) groups excluding carboxylic acids is 1. The van der Waals surface area contributed by atoms with Gasteiger partial charge in [0.25, 0.3) is 0 Å². The zero-order valence-corrected chi connectivity index (χ0v) is 7.09. The molecule has 1 aliphatic heterocycles. The van der Waals surface area contributed by atoms with Gasteiger partial charge in [-0.25, -0.2) is 0 Å². The highest BCUT2D eigenvalue weighted by Gasteiger charge is 2.46. The fraction of sp³-hybridized carbons (Fsp3) is 0.667. The molecule has 1 radical (unpaired) electrons. The molecule has 2 unspecified atom stereocenters. The Hall–Kier alpha value is 0.170. The predicted molar refractivity (Wildman–Crippen MR) is 40.6 cm³/mol. The Bertz CT molecular complexity index is 180. The Labute approximate surface area is 72.5 Å². The molecule has 5 heteroatoms. The predicted octanol–water partition coefficient (Wildman–Crippen LogP) is 2.16. The number of hydrogen-bond acceptors (Lipinski definition) is 2. The molecule has 0 saturated carbocycles. The van der Waals surface area contributed by atoms with Gasteiger partial charge in [-0.2, -0.15) is 8.78 Å². The first-order valence-corrected chi connectivity index (χ1v) is 4.35. The molecule has 1 saturated heterocycles. The molecule has 0 aromatic heterocycles. The Kier molecular flexibility index (Phi) is 2.44. The van der Waals surface area contributed by atoms with Crippen molar-refractivity contribution in [1.29, 1.82) is 0 Å². The quantitative estimate of drug-likeness (QED) is 0.634. The Morgan fingerprint density at radius 3 is 2.45 bits per heavy atom. The standard InChI is InChI=1S/C6H6ClF2OS/c1-3(6(7,8)9)4-2-11-5(4)10/h3-4H,1-2H2. The molecule has 0 spiro atoms. The molecule has 0 aromatic rings. The summed E-state index contributed by atoms with van der Waals surface area (Å²) in [5.74, 6) is -1.54. The highest BCUT2D eigenvalue weighted by molar-refractivity contribution is 8.15. The number of halogens is 3. The van der Waals surface area contributed by atoms with Crippen molar-refractivity contribution in [2.45, 2.75) is 5.38 Å². The molecule has 1 heterocycles. The van der Waals surface area contributed by atoms with E-state index in [0.717, 1.165) is 11.8 Å². The van der Waals surface area contributed by atoms with Crippen molar-refractivity contribution in [2.75, 3.05) is 5.75 Å². The molecule has 1 fully saturated rings. The second kappa shape index (κ2) is 2.90. The zero-order valence-electron chi connectivity index (χ0n) is 5.52. The molecule has 1 nitrogen and oxygen atoms in total. The summed E-state index contributed by atoms with van der Waals surface area (Å²) in [6.45, 7) is 3.17. The van der Waals surface area contributed by atoms with Gasteiger partial charge in [0.15, 0.2) is 5.12 Å². The lowest BCUT2D eigenvalue weighted by molar-refractivity contribution is -0.119. The van der Waals surface area contributed by atoms with Crippen molar-refractivity contribution >= 4 is 28.5 Å². The average Bonchev–Trinajstić information content (AvgIpc) is 1.83. The summed E-state index contributed by atoms with van der Waals surface area (Å²) in [5, 5.41) is -3.59. The van der Waals surface area contributed by atoms with Gasteiger partial charge in [-0.3, -0.25) is 4.79 Å². The van der Waals surface area contributed by atoms with Crippen LogP contribution in [0.15, 0.2) is 0 Å². The fourth-order valence-electron chi connectivity index (χ4n) is 0.756. The van der Waals surface area contributed by atoms with Crippen molar-refractivity contribution in [1.82, 2.24) is 0 Å². The van der Waals surface area contributed by atoms with Crippen molar-refractivity contribution < 1.29 is 13.6 Å². The maximum Gasteiger partial charge on any atom is 0.325 e. The van der Waals surface area contributed by atoms with E-state index in [4.69, 9.17) is 11.6 Å². The molecule has 1 aliphatic rings. The van der Waals surface area contributed by atoms with Crippen LogP contribution < -0.4 is 0 Å². The van der Waals surface area contributed by atoms with Crippen molar-refractivity contribution in [2.24, 2.45) is 11.8 Å². The number of rotatable bonds is 2. The molecule has 1 rings (SSSR count). The Morgan fingerprint density at radius 2 is 2.36 bits per heavy atom. The molecule has 0 aliphatic carbocycles. The Balaban J connectivity index is 2.54. The summed E-state index contributed by atoms with van der Waals surface area (Å²) in [6, 6.07) is 0. The second-order valence-corrected chi connectivity index (χ2v) is 3.91. The van der Waals surface area contributed by atoms with E-state index in [2.05, 4.69) is 6.92 Å². The maximum atomic E-state index is 12.3. The number of carbonyl (C=O) groups is 1. The minimum atomic E-state index is -3.36. The van der Waals surface area contributed by atoms with Crippen LogP contribution in [0.25, 0.3) is 0 Å². The largest absolute Gasteiger partial charge is 0.325 e. The minimum Gasteiger partial charge on any atom is -0.287 e. The van der Waals surface area contributed by atoms with Gasteiger partial charge in [0.05, 0.1) is 0 Å². The van der Waals surface area contributed by atoms with Crippen molar-refractivity contribution in [3.05, 3.63) is 6.92 Å². The third-order valence-electron chi connectivity index (χ3n) is 1.61. The topological polar surface area (TPSA) is 17.1 Å². The summed E-state index contributed by atoms with van der Waals surface area (Å²) in [4.78, 5) is 10.6. The zero-order chi connectivity index (χ0) is 8.65. The first-order chi connectivity index (χ1) is 4.93. The summed E-state index contributed by atoms with van der Waals surface area (Å²) < 4.78 is 24.6. The normalized spacial score (nSPS) is 28.0. The van der Waals surface area contributed by atoms with Crippen LogP contribution in [-0.2, 0) is 4.79 Å². The van der Waals surface area contributed by atoms with Gasteiger partial charge < -0.3 is 0 Å². The molecule has 0 aromatic carbocycles. The molecule has 11 heavy (non-hydrogen) atoms. The van der Waals surface area contributed by atoms with E-state index < -0.39 is 17.2 Å². The molecule has 63 valence electrons. The van der Waals surface area contributed by atoms with Crippen LogP contribution in [-0.4, -0.2) is 16.2 Å². The van der Waals surface area contributed by atoms with Crippen molar-refractivity contribution in [3.63, 3.8) is 0 Å². The SMILES string of the molecule is [CH2]C(C1CSC1=O)C(F)(F)Cl. The van der Waals surface area contributed by atoms with Crippen LogP contribution in [0, 0.1) is 18.8 Å². The smallest absolute Gasteiger partial charge is 0.287 e. The number of alkyl halides is 3. The van der Waals surface area contributed by atoms with Crippen molar-refractivity contribution in [3.8, 4) is 0 Å². The first-order valence-electron chi connectivity index (χ1n) is 2.99. The summed E-state index contributed by atoms with van der Waals surface area (Å²) >= 11 is 5.74. The summed E-state index contributed by atoms with van der Waals surface area (Å²) in [6.07, 6.45) is 0. The highest BCUT2D eigenvalue weighted by atomic mass is 35.5. The summed E-state index contributed by atoms with van der Waals surface area (Å²) in [5.41, 5.74) is 0. The lowest BCUT2D eigenvalue weighted by Gasteiger charge is -2.30. The van der Waals surface area contributed by atoms with E-state index in [1.807, 2.05) is 0 Å². The van der Waals surface area contributed by atoms with Crippen LogP contribution in [0.2, 0.25) is 0 Å². The molecular formula is C6H6ClF2OS. The van der Waals surface area contributed by atoms with Gasteiger partial charge in [0, 0.05) is 17.6 Å². The van der Waals surface area contributed by atoms with Crippen LogP contribution in [0.1, 0.15) is 0 Å². The van der Waals surface area contributed by atoms with Gasteiger partial charge >= 0.3 is 5.38 Å². The van der Waals surface area contributed by atoms with E-state index in [1.165, 1.54) is 0 Å². The van der Waals surface area contributed by atoms with Crippen LogP contribution in [0.5, 0.6) is 0 Å². The molecule has 0 N–H and O–H groups in total. The van der Waals surface area contributed by atoms with Gasteiger partial charge in [-0.1, -0.05) is 11.8 Å². The van der Waals surface area contributed by atoms with E-state index in [-0.39, 0.29) is 5.12 Å². The van der Waals surface area contributed by atoms with E-state index in [9.17, 15) is 13.6 Å². The van der Waals surface area contributed by atoms with Crippen LogP contribution in [0.4, 0.5) is 8.78 Å². The lowest BCUT2D eigenvalue weighted by Crippen LogP contribution is -2.38. The van der Waals surface area contributed by atoms with Gasteiger partial charge in [-0.05, 0) is 18.5 Å². The second-order valence-electron chi connectivity index (χ2n) is 2.38. The third kappa shape index (κ3) is 1.85. The highest BCUT2D eigenvalue weighted by Crippen LogP contribution is 2.42. The van der Waals surface area contributed by atoms with Gasteiger partial charge in [0.2, 0.25) is 0 Å². The van der Waals surface area contributed by atoms with Crippen LogP contribution in [0.3, 0.4) is 0 Å². The first kappa shape index (κ1) is 9.26. The van der Waals surface area contributed by atoms with Gasteiger partial charge in [-0.15, -0.1) is 0 Å².